The third-order valence-corrected chi connectivity index (χ3v) is 4.00. The summed E-state index contributed by atoms with van der Waals surface area (Å²) in [5, 5.41) is 4.00. The first-order valence-corrected chi connectivity index (χ1v) is 6.50. The Morgan fingerprint density at radius 2 is 2.17 bits per heavy atom. The van der Waals surface area contributed by atoms with E-state index in [1.807, 2.05) is 11.9 Å². The predicted molar refractivity (Wildman–Crippen MR) is 66.7 cm³/mol. The minimum atomic E-state index is 0.0335. The lowest BCUT2D eigenvalue weighted by molar-refractivity contribution is -0.00920. The van der Waals surface area contributed by atoms with E-state index in [9.17, 15) is 4.79 Å². The number of hydrazine groups is 1. The van der Waals surface area contributed by atoms with E-state index in [0.29, 0.717) is 12.5 Å². The number of aromatic nitrogens is 2. The Bertz CT molecular complexity index is 461. The van der Waals surface area contributed by atoms with Crippen molar-refractivity contribution >= 4 is 6.03 Å². The molecule has 18 heavy (non-hydrogen) atoms. The van der Waals surface area contributed by atoms with Crippen LogP contribution in [0.3, 0.4) is 0 Å². The molecule has 0 atom stereocenters. The Morgan fingerprint density at radius 1 is 1.44 bits per heavy atom. The van der Waals surface area contributed by atoms with Crippen LogP contribution in [-0.4, -0.2) is 45.2 Å². The first kappa shape index (κ1) is 11.7. The van der Waals surface area contributed by atoms with E-state index in [2.05, 4.69) is 9.99 Å². The fraction of sp³-hybridized carbons (Fsp3) is 0.667. The highest BCUT2D eigenvalue weighted by atomic mass is 16.2. The number of fused-ring (bicyclic) bond motifs is 1. The van der Waals surface area contributed by atoms with Crippen LogP contribution in [0.4, 0.5) is 4.79 Å². The molecule has 1 saturated heterocycles. The highest BCUT2D eigenvalue weighted by Gasteiger charge is 2.34. The third kappa shape index (κ3) is 1.72. The van der Waals surface area contributed by atoms with Gasteiger partial charge in [0.25, 0.3) is 0 Å². The Hall–Kier alpha value is -1.40. The van der Waals surface area contributed by atoms with E-state index in [1.54, 1.807) is 10.8 Å². The van der Waals surface area contributed by atoms with Gasteiger partial charge in [0.1, 0.15) is 5.82 Å². The van der Waals surface area contributed by atoms with Crippen LogP contribution in [0.15, 0.2) is 6.20 Å². The SMILES string of the molecule is Cc1ncc2n1C(=O)N(N1CCC(CN)CC1)C2. The third-order valence-electron chi connectivity index (χ3n) is 4.00. The molecule has 0 unspecified atom stereocenters. The van der Waals surface area contributed by atoms with Crippen molar-refractivity contribution in [2.24, 2.45) is 11.7 Å². The van der Waals surface area contributed by atoms with Crippen LogP contribution in [0.2, 0.25) is 0 Å². The maximum absolute atomic E-state index is 12.3. The number of nitrogens with zero attached hydrogens (tertiary/aromatic N) is 4. The largest absolute Gasteiger partial charge is 0.344 e. The molecule has 98 valence electrons. The quantitative estimate of drug-likeness (QED) is 0.831. The van der Waals surface area contributed by atoms with E-state index in [-0.39, 0.29) is 6.03 Å². The van der Waals surface area contributed by atoms with Gasteiger partial charge in [-0.25, -0.2) is 19.4 Å². The van der Waals surface area contributed by atoms with Crippen LogP contribution < -0.4 is 5.73 Å². The number of piperidine rings is 1. The van der Waals surface area contributed by atoms with Crippen LogP contribution in [0, 0.1) is 12.8 Å². The van der Waals surface area contributed by atoms with Crippen molar-refractivity contribution < 1.29 is 4.79 Å². The number of rotatable bonds is 2. The highest BCUT2D eigenvalue weighted by Crippen LogP contribution is 2.24. The molecule has 0 radical (unpaired) electrons. The molecular formula is C12H19N5O. The van der Waals surface area contributed by atoms with Crippen molar-refractivity contribution in [1.82, 2.24) is 19.6 Å². The molecule has 0 saturated carbocycles. The van der Waals surface area contributed by atoms with E-state index in [0.717, 1.165) is 44.0 Å². The number of hydrogen-bond acceptors (Lipinski definition) is 4. The van der Waals surface area contributed by atoms with Crippen LogP contribution in [0.25, 0.3) is 0 Å². The average molecular weight is 249 g/mol. The molecule has 1 aromatic rings. The number of nitrogens with two attached hydrogens (primary N) is 1. The molecule has 6 nitrogen and oxygen atoms in total. The fourth-order valence-electron chi connectivity index (χ4n) is 2.82. The minimum absolute atomic E-state index is 0.0335. The van der Waals surface area contributed by atoms with Gasteiger partial charge in [-0.1, -0.05) is 0 Å². The monoisotopic (exact) mass is 249 g/mol. The molecule has 0 aromatic carbocycles. The maximum Gasteiger partial charge on any atom is 0.344 e. The van der Waals surface area contributed by atoms with Crippen molar-refractivity contribution in [3.63, 3.8) is 0 Å². The molecule has 0 bridgehead atoms. The van der Waals surface area contributed by atoms with Crippen molar-refractivity contribution in [3.05, 3.63) is 17.7 Å². The zero-order chi connectivity index (χ0) is 12.7. The van der Waals surface area contributed by atoms with Gasteiger partial charge in [0, 0.05) is 13.1 Å². The Morgan fingerprint density at radius 3 is 2.78 bits per heavy atom. The van der Waals surface area contributed by atoms with E-state index < -0.39 is 0 Å². The van der Waals surface area contributed by atoms with Gasteiger partial charge < -0.3 is 5.73 Å². The van der Waals surface area contributed by atoms with Crippen molar-refractivity contribution in [2.45, 2.75) is 26.3 Å². The first-order chi connectivity index (χ1) is 8.70. The van der Waals surface area contributed by atoms with Gasteiger partial charge in [-0.2, -0.15) is 0 Å². The molecule has 3 heterocycles. The van der Waals surface area contributed by atoms with Gasteiger partial charge in [-0.15, -0.1) is 0 Å². The molecule has 2 aliphatic rings. The van der Waals surface area contributed by atoms with Gasteiger partial charge >= 0.3 is 6.03 Å². The zero-order valence-corrected chi connectivity index (χ0v) is 10.7. The Labute approximate surface area is 106 Å². The van der Waals surface area contributed by atoms with E-state index in [4.69, 9.17) is 5.73 Å². The highest BCUT2D eigenvalue weighted by molar-refractivity contribution is 5.80. The number of amides is 1. The van der Waals surface area contributed by atoms with Crippen molar-refractivity contribution in [1.29, 1.82) is 0 Å². The van der Waals surface area contributed by atoms with Crippen LogP contribution in [0.5, 0.6) is 0 Å². The second-order valence-corrected chi connectivity index (χ2v) is 5.11. The first-order valence-electron chi connectivity index (χ1n) is 6.50. The summed E-state index contributed by atoms with van der Waals surface area (Å²) in [4.78, 5) is 16.5. The summed E-state index contributed by atoms with van der Waals surface area (Å²) in [6, 6.07) is 0.0335. The zero-order valence-electron chi connectivity index (χ0n) is 10.7. The molecule has 0 spiro atoms. The van der Waals surface area contributed by atoms with Crippen LogP contribution in [0.1, 0.15) is 24.4 Å². The van der Waals surface area contributed by atoms with E-state index >= 15 is 0 Å². The summed E-state index contributed by atoms with van der Waals surface area (Å²) < 4.78 is 1.70. The summed E-state index contributed by atoms with van der Waals surface area (Å²) in [6.45, 7) is 5.11. The van der Waals surface area contributed by atoms with Gasteiger partial charge in [0.05, 0.1) is 18.4 Å². The van der Waals surface area contributed by atoms with Crippen molar-refractivity contribution in [2.75, 3.05) is 19.6 Å². The lowest BCUT2D eigenvalue weighted by Crippen LogP contribution is -2.48. The summed E-state index contributed by atoms with van der Waals surface area (Å²) in [5.74, 6) is 1.38. The lowest BCUT2D eigenvalue weighted by atomic mass is 9.98. The molecule has 6 heteroatoms. The summed E-state index contributed by atoms with van der Waals surface area (Å²) >= 11 is 0. The fourth-order valence-corrected chi connectivity index (χ4v) is 2.82. The number of hydrogen-bond donors (Lipinski definition) is 1. The summed E-state index contributed by atoms with van der Waals surface area (Å²) in [5.41, 5.74) is 6.67. The average Bonchev–Trinajstić information content (AvgIpc) is 2.92. The maximum atomic E-state index is 12.3. The number of aryl methyl sites for hydroxylation is 1. The normalized spacial score (nSPS) is 21.7. The topological polar surface area (TPSA) is 67.4 Å². The Balaban J connectivity index is 1.71. The minimum Gasteiger partial charge on any atom is -0.330 e. The van der Waals surface area contributed by atoms with Crippen LogP contribution in [-0.2, 0) is 6.54 Å². The van der Waals surface area contributed by atoms with E-state index in [1.165, 1.54) is 0 Å². The molecule has 1 amide bonds. The second kappa shape index (κ2) is 4.37. The van der Waals surface area contributed by atoms with Gasteiger partial charge in [-0.3, -0.25) is 5.01 Å². The van der Waals surface area contributed by atoms with Crippen LogP contribution >= 0.6 is 0 Å². The number of imidazole rings is 1. The smallest absolute Gasteiger partial charge is 0.330 e. The molecule has 1 fully saturated rings. The predicted octanol–water partition coefficient (Wildman–Crippen LogP) is 0.561. The second-order valence-electron chi connectivity index (χ2n) is 5.11. The standard InChI is InChI=1S/C12H19N5O/c1-9-14-7-11-8-16(12(18)17(9)11)15-4-2-10(6-13)3-5-15/h7,10H,2-6,8,13H2,1H3. The van der Waals surface area contributed by atoms with Gasteiger partial charge in [0.2, 0.25) is 0 Å². The molecule has 0 aliphatic carbocycles. The van der Waals surface area contributed by atoms with Gasteiger partial charge in [0.15, 0.2) is 0 Å². The summed E-state index contributed by atoms with van der Waals surface area (Å²) in [6.07, 6.45) is 3.94. The van der Waals surface area contributed by atoms with Gasteiger partial charge in [-0.05, 0) is 32.2 Å². The summed E-state index contributed by atoms with van der Waals surface area (Å²) in [7, 11) is 0. The Kier molecular flexibility index (Phi) is 2.83. The number of carbonyl (C=O) groups is 1. The molecule has 1 aromatic heterocycles. The molecule has 3 rings (SSSR count). The molecule has 2 N–H and O–H groups in total. The van der Waals surface area contributed by atoms with Crippen molar-refractivity contribution in [3.8, 4) is 0 Å². The molecule has 2 aliphatic heterocycles. The molecular weight excluding hydrogens is 230 g/mol. The lowest BCUT2D eigenvalue weighted by Gasteiger charge is -2.36. The number of carbonyl (C=O) groups excluding carboxylic acids is 1.